The van der Waals surface area contributed by atoms with E-state index in [9.17, 15) is 0 Å². The lowest BCUT2D eigenvalue weighted by Gasteiger charge is -1.99. The number of fused-ring (bicyclic) bond motifs is 20. The summed E-state index contributed by atoms with van der Waals surface area (Å²) in [5.41, 5.74) is 6.89. The Labute approximate surface area is 253 Å². The first-order chi connectivity index (χ1) is 21.7. The Morgan fingerprint density at radius 2 is 0.568 bits per heavy atom. The first-order valence-corrected chi connectivity index (χ1v) is 14.8. The van der Waals surface area contributed by atoms with Crippen LogP contribution in [0.1, 0.15) is 13.8 Å². The molecule has 0 saturated carbocycles. The van der Waals surface area contributed by atoms with Gasteiger partial charge in [-0.05, 0) is 0 Å². The van der Waals surface area contributed by atoms with Gasteiger partial charge in [-0.15, -0.1) is 0 Å². The second-order valence-electron chi connectivity index (χ2n) is 10.6. The molecule has 0 amide bonds. The highest BCUT2D eigenvalue weighted by atomic mass is 15.1. The predicted molar refractivity (Wildman–Crippen MR) is 177 cm³/mol. The van der Waals surface area contributed by atoms with Crippen molar-refractivity contribution < 1.29 is 0 Å². The summed E-state index contributed by atoms with van der Waals surface area (Å²) in [6.07, 6.45) is 0. The van der Waals surface area contributed by atoms with Crippen molar-refractivity contribution in [3.8, 4) is 45.6 Å². The molecule has 0 spiro atoms. The van der Waals surface area contributed by atoms with Crippen LogP contribution in [-0.2, 0) is 14.1 Å². The Morgan fingerprint density at radius 1 is 0.341 bits per heavy atom. The summed E-state index contributed by atoms with van der Waals surface area (Å²) in [6.45, 7) is 4.00. The normalized spacial score (nSPS) is 11.6. The van der Waals surface area contributed by atoms with E-state index in [4.69, 9.17) is 29.9 Å². The molecule has 212 valence electrons. The molecule has 5 heterocycles. The van der Waals surface area contributed by atoms with Crippen LogP contribution in [0.3, 0.4) is 0 Å². The third kappa shape index (κ3) is 3.70. The molecular weight excluding hydrogens is 544 g/mol. The third-order valence-corrected chi connectivity index (χ3v) is 8.18. The zero-order valence-electron chi connectivity index (χ0n) is 24.8. The zero-order valence-corrected chi connectivity index (χ0v) is 24.8. The van der Waals surface area contributed by atoms with E-state index in [1.54, 1.807) is 0 Å². The van der Waals surface area contributed by atoms with Crippen molar-refractivity contribution >= 4 is 44.1 Å². The Morgan fingerprint density at radius 3 is 0.818 bits per heavy atom. The van der Waals surface area contributed by atoms with Crippen molar-refractivity contribution in [2.24, 2.45) is 14.1 Å². The highest BCUT2D eigenvalue weighted by Gasteiger charge is 2.23. The van der Waals surface area contributed by atoms with Crippen molar-refractivity contribution in [3.63, 3.8) is 0 Å². The van der Waals surface area contributed by atoms with Gasteiger partial charge in [-0.25, -0.2) is 29.9 Å². The summed E-state index contributed by atoms with van der Waals surface area (Å²) in [5, 5.41) is 3.97. The van der Waals surface area contributed by atoms with Crippen LogP contribution in [0, 0.1) is 0 Å². The van der Waals surface area contributed by atoms with Gasteiger partial charge in [0.05, 0.1) is 0 Å². The molecule has 8 heteroatoms. The Bertz CT molecular complexity index is 2120. The largest absolute Gasteiger partial charge is 0.313 e. The van der Waals surface area contributed by atoms with E-state index in [1.807, 2.05) is 85.6 Å². The SMILES string of the molecule is CC.Cn1c2nc3nc(nc4c5ccccc5c(nc5nc(nc1c1ccccc12)-c1ccccc1-5)n4C)-c1ccccc1-3. The molecule has 0 fully saturated rings. The van der Waals surface area contributed by atoms with Gasteiger partial charge in [0.15, 0.2) is 23.3 Å². The van der Waals surface area contributed by atoms with Gasteiger partial charge in [0.2, 0.25) is 0 Å². The van der Waals surface area contributed by atoms with Crippen LogP contribution < -0.4 is 0 Å². The first kappa shape index (κ1) is 25.9. The Kier molecular flexibility index (Phi) is 5.84. The fourth-order valence-electron chi connectivity index (χ4n) is 6.14. The van der Waals surface area contributed by atoms with Crippen LogP contribution in [0.5, 0.6) is 0 Å². The molecule has 0 N–H and O–H groups in total. The second kappa shape index (κ2) is 9.91. The summed E-state index contributed by atoms with van der Waals surface area (Å²) in [6, 6.07) is 32.7. The maximum Gasteiger partial charge on any atom is 0.164 e. The fourth-order valence-corrected chi connectivity index (χ4v) is 6.14. The molecule has 2 aliphatic rings. The van der Waals surface area contributed by atoms with Gasteiger partial charge in [-0.1, -0.05) is 111 Å². The maximum atomic E-state index is 5.16. The summed E-state index contributed by atoms with van der Waals surface area (Å²) in [7, 11) is 3.98. The summed E-state index contributed by atoms with van der Waals surface area (Å²) in [5.74, 6) is 2.49. The number of hydrogen-bond donors (Lipinski definition) is 0. The van der Waals surface area contributed by atoms with Gasteiger partial charge in [0.25, 0.3) is 0 Å². The van der Waals surface area contributed by atoms with Crippen molar-refractivity contribution in [2.75, 3.05) is 0 Å². The fraction of sp³-hybridized carbons (Fsp3) is 0.111. The van der Waals surface area contributed by atoms with Crippen molar-refractivity contribution in [1.82, 2.24) is 39.0 Å². The van der Waals surface area contributed by atoms with Crippen LogP contribution >= 0.6 is 0 Å². The van der Waals surface area contributed by atoms with Crippen molar-refractivity contribution in [3.05, 3.63) is 97.1 Å². The minimum atomic E-state index is 0.622. The topological polar surface area (TPSA) is 87.2 Å². The molecule has 0 unspecified atom stereocenters. The lowest BCUT2D eigenvalue weighted by Crippen LogP contribution is -1.93. The number of hydrogen-bond acceptors (Lipinski definition) is 6. The van der Waals surface area contributed by atoms with Crippen molar-refractivity contribution in [2.45, 2.75) is 13.8 Å². The van der Waals surface area contributed by atoms with Gasteiger partial charge in [0.1, 0.15) is 22.6 Å². The quantitative estimate of drug-likeness (QED) is 0.183. The molecular formula is C36H28N8. The lowest BCUT2D eigenvalue weighted by atomic mass is 10.1. The Balaban J connectivity index is 0.00000142. The lowest BCUT2D eigenvalue weighted by molar-refractivity contribution is 0.960. The highest BCUT2D eigenvalue weighted by molar-refractivity contribution is 6.07. The van der Waals surface area contributed by atoms with E-state index in [-0.39, 0.29) is 0 Å². The smallest absolute Gasteiger partial charge is 0.164 e. The van der Waals surface area contributed by atoms with Crippen LogP contribution in [0.4, 0.5) is 0 Å². The minimum Gasteiger partial charge on any atom is -0.313 e. The molecule has 44 heavy (non-hydrogen) atoms. The van der Waals surface area contributed by atoms with E-state index in [0.717, 1.165) is 66.4 Å². The molecule has 0 saturated heterocycles. The van der Waals surface area contributed by atoms with Gasteiger partial charge < -0.3 is 9.13 Å². The van der Waals surface area contributed by atoms with E-state index in [1.165, 1.54) is 0 Å². The molecule has 4 aromatic carbocycles. The van der Waals surface area contributed by atoms with E-state index < -0.39 is 0 Å². The summed E-state index contributed by atoms with van der Waals surface area (Å²) >= 11 is 0. The summed E-state index contributed by atoms with van der Waals surface area (Å²) < 4.78 is 4.04. The maximum absolute atomic E-state index is 5.16. The van der Waals surface area contributed by atoms with E-state index in [0.29, 0.717) is 23.3 Å². The number of aryl methyl sites for hydroxylation is 2. The number of nitrogens with zero attached hydrogens (tertiary/aromatic N) is 8. The minimum absolute atomic E-state index is 0.622. The standard InChI is InChI=1S/C34H22N8.C2H6/c1-41-31-23-15-7-8-16-24(23)32(41)38-28-20-12-4-6-14-22(20)30(36-28)40-34-26-18-10-9-17-25(26)33(42(34)2)39-29-21-13-5-3-11-19(21)27(35-29)37-31;1-2/h3-18H,1-2H3;1-2H3. The highest BCUT2D eigenvalue weighted by Crippen LogP contribution is 2.37. The average Bonchev–Trinajstić information content (AvgIpc) is 3.76. The molecule has 3 aromatic heterocycles. The summed E-state index contributed by atoms with van der Waals surface area (Å²) in [4.78, 5) is 30.6. The Hall–Kier alpha value is -5.76. The van der Waals surface area contributed by atoms with E-state index >= 15 is 0 Å². The molecule has 0 radical (unpaired) electrons. The predicted octanol–water partition coefficient (Wildman–Crippen LogP) is 7.92. The van der Waals surface area contributed by atoms with Gasteiger partial charge in [-0.2, -0.15) is 0 Å². The van der Waals surface area contributed by atoms with Gasteiger partial charge >= 0.3 is 0 Å². The zero-order chi connectivity index (χ0) is 29.9. The van der Waals surface area contributed by atoms with Gasteiger partial charge in [0, 0.05) is 57.9 Å². The first-order valence-electron chi connectivity index (χ1n) is 14.8. The van der Waals surface area contributed by atoms with E-state index in [2.05, 4.69) is 48.5 Å². The molecule has 0 aliphatic carbocycles. The van der Waals surface area contributed by atoms with Crippen LogP contribution in [0.25, 0.3) is 89.7 Å². The number of rotatable bonds is 0. The molecule has 9 rings (SSSR count). The molecule has 2 aliphatic heterocycles. The average molecular weight is 573 g/mol. The number of benzene rings is 4. The second-order valence-corrected chi connectivity index (χ2v) is 10.6. The van der Waals surface area contributed by atoms with Crippen LogP contribution in [0.2, 0.25) is 0 Å². The van der Waals surface area contributed by atoms with Crippen LogP contribution in [-0.4, -0.2) is 39.0 Å². The molecule has 8 nitrogen and oxygen atoms in total. The third-order valence-electron chi connectivity index (χ3n) is 8.18. The molecule has 0 atom stereocenters. The number of aromatic nitrogens is 8. The van der Waals surface area contributed by atoms with Gasteiger partial charge in [-0.3, -0.25) is 0 Å². The molecule has 8 bridgehead atoms. The van der Waals surface area contributed by atoms with Crippen LogP contribution in [0.15, 0.2) is 97.1 Å². The van der Waals surface area contributed by atoms with Crippen molar-refractivity contribution in [1.29, 1.82) is 0 Å². The molecule has 7 aromatic rings. The monoisotopic (exact) mass is 572 g/mol.